The number of benzene rings is 2. The van der Waals surface area contributed by atoms with E-state index in [0.717, 1.165) is 23.4 Å². The molecule has 20 heavy (non-hydrogen) atoms. The summed E-state index contributed by atoms with van der Waals surface area (Å²) in [7, 11) is 0. The van der Waals surface area contributed by atoms with Gasteiger partial charge in [-0.2, -0.15) is 5.26 Å². The fourth-order valence-corrected chi connectivity index (χ4v) is 2.59. The van der Waals surface area contributed by atoms with Gasteiger partial charge < -0.3 is 10.1 Å². The van der Waals surface area contributed by atoms with Crippen molar-refractivity contribution in [2.75, 3.05) is 11.9 Å². The highest BCUT2D eigenvalue weighted by Gasteiger charge is 2.21. The van der Waals surface area contributed by atoms with E-state index in [-0.39, 0.29) is 6.04 Å². The minimum absolute atomic E-state index is 0.130. The largest absolute Gasteiger partial charge is 0.493 e. The van der Waals surface area contributed by atoms with E-state index in [0.29, 0.717) is 17.2 Å². The average molecular weight is 285 g/mol. The number of hydrogen-bond donors (Lipinski definition) is 1. The van der Waals surface area contributed by atoms with Crippen LogP contribution in [0.4, 0.5) is 5.69 Å². The lowest BCUT2D eigenvalue weighted by Gasteiger charge is -2.27. The quantitative estimate of drug-likeness (QED) is 0.901. The predicted molar refractivity (Wildman–Crippen MR) is 79.1 cm³/mol. The third-order valence-corrected chi connectivity index (χ3v) is 3.63. The molecule has 0 amide bonds. The molecule has 0 aromatic heterocycles. The minimum Gasteiger partial charge on any atom is -0.493 e. The van der Waals surface area contributed by atoms with Crippen LogP contribution in [0.2, 0.25) is 5.02 Å². The van der Waals surface area contributed by atoms with Gasteiger partial charge in [-0.3, -0.25) is 0 Å². The Morgan fingerprint density at radius 1 is 1.25 bits per heavy atom. The molecule has 0 saturated carbocycles. The first-order chi connectivity index (χ1) is 9.78. The first-order valence-electron chi connectivity index (χ1n) is 6.46. The van der Waals surface area contributed by atoms with E-state index in [1.807, 2.05) is 24.3 Å². The number of para-hydroxylation sites is 1. The van der Waals surface area contributed by atoms with Gasteiger partial charge in [-0.25, -0.2) is 0 Å². The number of anilines is 1. The molecule has 2 aromatic carbocycles. The van der Waals surface area contributed by atoms with Crippen molar-refractivity contribution in [2.24, 2.45) is 0 Å². The molecule has 1 unspecified atom stereocenters. The summed E-state index contributed by atoms with van der Waals surface area (Å²) < 4.78 is 5.64. The maximum Gasteiger partial charge on any atom is 0.124 e. The summed E-state index contributed by atoms with van der Waals surface area (Å²) in [6.07, 6.45) is 0.856. The second kappa shape index (κ2) is 5.44. The highest BCUT2D eigenvalue weighted by molar-refractivity contribution is 6.30. The van der Waals surface area contributed by atoms with Crippen molar-refractivity contribution in [1.29, 1.82) is 5.26 Å². The Hall–Kier alpha value is -2.18. The van der Waals surface area contributed by atoms with Crippen molar-refractivity contribution in [3.05, 3.63) is 58.6 Å². The Labute approximate surface area is 122 Å². The van der Waals surface area contributed by atoms with Crippen molar-refractivity contribution < 1.29 is 4.74 Å². The van der Waals surface area contributed by atoms with Gasteiger partial charge in [-0.1, -0.05) is 29.8 Å². The summed E-state index contributed by atoms with van der Waals surface area (Å²) in [5.74, 6) is 0.900. The molecule has 3 nitrogen and oxygen atoms in total. The summed E-state index contributed by atoms with van der Waals surface area (Å²) in [4.78, 5) is 0. The van der Waals surface area contributed by atoms with Gasteiger partial charge in [-0.15, -0.1) is 0 Å². The lowest BCUT2D eigenvalue weighted by Crippen LogP contribution is -2.20. The summed E-state index contributed by atoms with van der Waals surface area (Å²) in [5, 5.41) is 13.2. The van der Waals surface area contributed by atoms with Gasteiger partial charge in [0.25, 0.3) is 0 Å². The van der Waals surface area contributed by atoms with Crippen LogP contribution in [0.1, 0.15) is 23.6 Å². The van der Waals surface area contributed by atoms with Crippen LogP contribution in [0.15, 0.2) is 42.5 Å². The summed E-state index contributed by atoms with van der Waals surface area (Å²) in [6.45, 7) is 0.664. The molecule has 0 aliphatic carbocycles. The molecule has 100 valence electrons. The lowest BCUT2D eigenvalue weighted by atomic mass is 10.00. The maximum atomic E-state index is 9.18. The first-order valence-corrected chi connectivity index (χ1v) is 6.83. The number of halogens is 1. The number of rotatable bonds is 2. The van der Waals surface area contributed by atoms with E-state index in [9.17, 15) is 5.26 Å². The van der Waals surface area contributed by atoms with Gasteiger partial charge in [-0.05, 0) is 24.3 Å². The van der Waals surface area contributed by atoms with Crippen LogP contribution in [-0.2, 0) is 0 Å². The second-order valence-electron chi connectivity index (χ2n) is 4.67. The summed E-state index contributed by atoms with van der Waals surface area (Å²) in [6, 6.07) is 15.5. The van der Waals surface area contributed by atoms with Crippen LogP contribution in [0, 0.1) is 11.3 Å². The van der Waals surface area contributed by atoms with Crippen molar-refractivity contribution in [1.82, 2.24) is 0 Å². The van der Waals surface area contributed by atoms with Gasteiger partial charge in [0.15, 0.2) is 0 Å². The number of nitrogens with zero attached hydrogens (tertiary/aromatic N) is 1. The lowest BCUT2D eigenvalue weighted by molar-refractivity contribution is 0.274. The van der Waals surface area contributed by atoms with E-state index in [1.165, 1.54) is 0 Å². The Bertz CT molecular complexity index is 678. The fourth-order valence-electron chi connectivity index (χ4n) is 2.41. The SMILES string of the molecule is N#Cc1ccc(Cl)cc1NC1CCOc2ccccc21. The van der Waals surface area contributed by atoms with Crippen molar-refractivity contribution >= 4 is 17.3 Å². The molecule has 0 fully saturated rings. The molecule has 1 aliphatic rings. The number of nitrogens with one attached hydrogen (secondary N) is 1. The Morgan fingerprint density at radius 2 is 2.10 bits per heavy atom. The molecule has 3 rings (SSSR count). The van der Waals surface area contributed by atoms with E-state index in [2.05, 4.69) is 11.4 Å². The van der Waals surface area contributed by atoms with Gasteiger partial charge in [0.2, 0.25) is 0 Å². The van der Waals surface area contributed by atoms with E-state index in [1.54, 1.807) is 18.2 Å². The van der Waals surface area contributed by atoms with Crippen LogP contribution in [0.25, 0.3) is 0 Å². The minimum atomic E-state index is 0.130. The maximum absolute atomic E-state index is 9.18. The van der Waals surface area contributed by atoms with Gasteiger partial charge in [0, 0.05) is 17.0 Å². The van der Waals surface area contributed by atoms with Gasteiger partial charge in [0.05, 0.1) is 23.9 Å². The van der Waals surface area contributed by atoms with Crippen LogP contribution >= 0.6 is 11.6 Å². The third-order valence-electron chi connectivity index (χ3n) is 3.39. The zero-order valence-electron chi connectivity index (χ0n) is 10.8. The Morgan fingerprint density at radius 3 is 2.95 bits per heavy atom. The zero-order valence-corrected chi connectivity index (χ0v) is 11.5. The molecule has 4 heteroatoms. The van der Waals surface area contributed by atoms with Crippen molar-refractivity contribution in [2.45, 2.75) is 12.5 Å². The summed E-state index contributed by atoms with van der Waals surface area (Å²) >= 11 is 6.02. The molecular weight excluding hydrogens is 272 g/mol. The molecule has 1 aliphatic heterocycles. The molecule has 0 saturated heterocycles. The van der Waals surface area contributed by atoms with Gasteiger partial charge >= 0.3 is 0 Å². The number of ether oxygens (including phenoxy) is 1. The Kier molecular flexibility index (Phi) is 3.49. The van der Waals surface area contributed by atoms with Crippen molar-refractivity contribution in [3.63, 3.8) is 0 Å². The Balaban J connectivity index is 1.93. The summed E-state index contributed by atoms with van der Waals surface area (Å²) in [5.41, 5.74) is 2.47. The van der Waals surface area contributed by atoms with Crippen LogP contribution < -0.4 is 10.1 Å². The normalized spacial score (nSPS) is 16.7. The van der Waals surface area contributed by atoms with Crippen LogP contribution in [-0.4, -0.2) is 6.61 Å². The van der Waals surface area contributed by atoms with E-state index in [4.69, 9.17) is 16.3 Å². The molecule has 2 aromatic rings. The topological polar surface area (TPSA) is 45.0 Å². The van der Waals surface area contributed by atoms with E-state index < -0.39 is 0 Å². The smallest absolute Gasteiger partial charge is 0.124 e. The van der Waals surface area contributed by atoms with Crippen molar-refractivity contribution in [3.8, 4) is 11.8 Å². The monoisotopic (exact) mass is 284 g/mol. The first kappa shape index (κ1) is 12.8. The third kappa shape index (κ3) is 2.43. The standard InChI is InChI=1S/C16H13ClN2O/c17-12-6-5-11(10-18)15(9-12)19-14-7-8-20-16-4-2-1-3-13(14)16/h1-6,9,14,19H,7-8H2. The molecule has 0 spiro atoms. The molecule has 1 heterocycles. The average Bonchev–Trinajstić information content (AvgIpc) is 2.48. The van der Waals surface area contributed by atoms with Gasteiger partial charge in [0.1, 0.15) is 11.8 Å². The molecule has 0 bridgehead atoms. The van der Waals surface area contributed by atoms with Crippen LogP contribution in [0.5, 0.6) is 5.75 Å². The predicted octanol–water partition coefficient (Wildman–Crippen LogP) is 4.15. The highest BCUT2D eigenvalue weighted by Crippen LogP contribution is 2.35. The molecule has 1 N–H and O–H groups in total. The molecular formula is C16H13ClN2O. The molecule has 1 atom stereocenters. The number of hydrogen-bond acceptors (Lipinski definition) is 3. The van der Waals surface area contributed by atoms with E-state index >= 15 is 0 Å². The zero-order chi connectivity index (χ0) is 13.9. The number of nitriles is 1. The number of fused-ring (bicyclic) bond motifs is 1. The molecule has 0 radical (unpaired) electrons. The second-order valence-corrected chi connectivity index (χ2v) is 5.11. The van der Waals surface area contributed by atoms with Crippen LogP contribution in [0.3, 0.4) is 0 Å². The highest BCUT2D eigenvalue weighted by atomic mass is 35.5. The fraction of sp³-hybridized carbons (Fsp3) is 0.188.